The first-order valence-electron chi connectivity index (χ1n) is 4.70. The summed E-state index contributed by atoms with van der Waals surface area (Å²) in [7, 11) is 0. The van der Waals surface area contributed by atoms with Crippen molar-refractivity contribution < 1.29 is 4.79 Å². The molecule has 0 saturated heterocycles. The van der Waals surface area contributed by atoms with Crippen LogP contribution in [0.3, 0.4) is 0 Å². The Morgan fingerprint density at radius 2 is 2.27 bits per heavy atom. The standard InChI is InChI=1S/C9H13BrN4O/c1-2-11-4-3-9(15)14-8-6-12-7(10)5-13-8/h5-6,11H,2-4H2,1H3,(H,13,14,15). The number of halogens is 1. The molecule has 0 saturated carbocycles. The number of nitrogens with one attached hydrogen (secondary N) is 2. The lowest BCUT2D eigenvalue weighted by atomic mass is 10.4. The van der Waals surface area contributed by atoms with Gasteiger partial charge in [-0.05, 0) is 22.5 Å². The second kappa shape index (κ2) is 6.47. The minimum absolute atomic E-state index is 0.0624. The lowest BCUT2D eigenvalue weighted by Crippen LogP contribution is -2.21. The van der Waals surface area contributed by atoms with E-state index < -0.39 is 0 Å². The predicted octanol–water partition coefficient (Wildman–Crippen LogP) is 1.18. The van der Waals surface area contributed by atoms with Gasteiger partial charge >= 0.3 is 0 Å². The zero-order chi connectivity index (χ0) is 11.1. The molecule has 0 radical (unpaired) electrons. The molecule has 0 bridgehead atoms. The van der Waals surface area contributed by atoms with E-state index in [4.69, 9.17) is 0 Å². The van der Waals surface area contributed by atoms with Crippen LogP contribution in [-0.2, 0) is 4.79 Å². The van der Waals surface area contributed by atoms with Crippen molar-refractivity contribution in [1.82, 2.24) is 15.3 Å². The molecule has 0 unspecified atom stereocenters. The molecule has 1 aromatic rings. The van der Waals surface area contributed by atoms with Crippen LogP contribution in [0.4, 0.5) is 5.82 Å². The summed E-state index contributed by atoms with van der Waals surface area (Å²) in [5.74, 6) is 0.410. The molecule has 0 aliphatic heterocycles. The summed E-state index contributed by atoms with van der Waals surface area (Å²) in [4.78, 5) is 19.3. The molecule has 15 heavy (non-hydrogen) atoms. The van der Waals surface area contributed by atoms with Crippen molar-refractivity contribution in [3.63, 3.8) is 0 Å². The number of aromatic nitrogens is 2. The van der Waals surface area contributed by atoms with E-state index in [9.17, 15) is 4.79 Å². The molecule has 1 heterocycles. The Morgan fingerprint density at radius 3 is 2.87 bits per heavy atom. The van der Waals surface area contributed by atoms with E-state index in [1.807, 2.05) is 6.92 Å². The molecule has 0 atom stereocenters. The van der Waals surface area contributed by atoms with Crippen LogP contribution in [0, 0.1) is 0 Å². The van der Waals surface area contributed by atoms with Crippen LogP contribution in [0.2, 0.25) is 0 Å². The van der Waals surface area contributed by atoms with Crippen LogP contribution in [-0.4, -0.2) is 29.0 Å². The van der Waals surface area contributed by atoms with Crippen LogP contribution < -0.4 is 10.6 Å². The van der Waals surface area contributed by atoms with Gasteiger partial charge in [0.2, 0.25) is 5.91 Å². The van der Waals surface area contributed by atoms with Crippen molar-refractivity contribution in [1.29, 1.82) is 0 Å². The second-order valence-corrected chi connectivity index (χ2v) is 3.69. The second-order valence-electron chi connectivity index (χ2n) is 2.88. The Bertz CT molecular complexity index is 314. The van der Waals surface area contributed by atoms with E-state index >= 15 is 0 Å². The van der Waals surface area contributed by atoms with Gasteiger partial charge in [-0.3, -0.25) is 4.79 Å². The fraction of sp³-hybridized carbons (Fsp3) is 0.444. The number of rotatable bonds is 5. The summed E-state index contributed by atoms with van der Waals surface area (Å²) >= 11 is 3.17. The first kappa shape index (κ1) is 12.1. The third-order valence-electron chi connectivity index (χ3n) is 1.67. The average Bonchev–Trinajstić information content (AvgIpc) is 2.22. The van der Waals surface area contributed by atoms with E-state index in [0.29, 0.717) is 23.4 Å². The Kier molecular flexibility index (Phi) is 5.20. The van der Waals surface area contributed by atoms with Gasteiger partial charge < -0.3 is 10.6 Å². The zero-order valence-corrected chi connectivity index (χ0v) is 10.0. The van der Waals surface area contributed by atoms with Crippen LogP contribution >= 0.6 is 15.9 Å². The molecule has 82 valence electrons. The van der Waals surface area contributed by atoms with Crippen molar-refractivity contribution >= 4 is 27.7 Å². The minimum atomic E-state index is -0.0624. The lowest BCUT2D eigenvalue weighted by molar-refractivity contribution is -0.116. The smallest absolute Gasteiger partial charge is 0.226 e. The van der Waals surface area contributed by atoms with Crippen molar-refractivity contribution in [2.24, 2.45) is 0 Å². The van der Waals surface area contributed by atoms with E-state index in [-0.39, 0.29) is 5.91 Å². The molecule has 2 N–H and O–H groups in total. The third-order valence-corrected chi connectivity index (χ3v) is 2.08. The molecular formula is C9H13BrN4O. The molecular weight excluding hydrogens is 260 g/mol. The first-order valence-corrected chi connectivity index (χ1v) is 5.49. The first-order chi connectivity index (χ1) is 7.22. The van der Waals surface area contributed by atoms with Gasteiger partial charge in [0.1, 0.15) is 4.60 Å². The minimum Gasteiger partial charge on any atom is -0.316 e. The van der Waals surface area contributed by atoms with Crippen LogP contribution in [0.5, 0.6) is 0 Å². The molecule has 0 aliphatic carbocycles. The fourth-order valence-electron chi connectivity index (χ4n) is 0.961. The molecule has 0 fully saturated rings. The molecule has 1 rings (SSSR count). The van der Waals surface area contributed by atoms with Crippen LogP contribution in [0.15, 0.2) is 17.0 Å². The number of carbonyl (C=O) groups excluding carboxylic acids is 1. The normalized spacial score (nSPS) is 10.0. The summed E-state index contributed by atoms with van der Waals surface area (Å²) in [5.41, 5.74) is 0. The number of anilines is 1. The highest BCUT2D eigenvalue weighted by molar-refractivity contribution is 9.10. The number of hydrogen-bond donors (Lipinski definition) is 2. The van der Waals surface area contributed by atoms with Gasteiger partial charge in [-0.15, -0.1) is 0 Å². The summed E-state index contributed by atoms with van der Waals surface area (Å²) in [6.45, 7) is 3.54. The summed E-state index contributed by atoms with van der Waals surface area (Å²) in [6.07, 6.45) is 3.49. The van der Waals surface area contributed by atoms with Crippen molar-refractivity contribution in [3.05, 3.63) is 17.0 Å². The Morgan fingerprint density at radius 1 is 1.47 bits per heavy atom. The van der Waals surface area contributed by atoms with Gasteiger partial charge in [0.15, 0.2) is 5.82 Å². The summed E-state index contributed by atoms with van der Waals surface area (Å²) in [5, 5.41) is 5.72. The highest BCUT2D eigenvalue weighted by Crippen LogP contribution is 2.06. The predicted molar refractivity (Wildman–Crippen MR) is 61.5 cm³/mol. The van der Waals surface area contributed by atoms with Crippen molar-refractivity contribution in [2.45, 2.75) is 13.3 Å². The van der Waals surface area contributed by atoms with E-state index in [0.717, 1.165) is 6.54 Å². The number of nitrogens with zero attached hydrogens (tertiary/aromatic N) is 2. The maximum absolute atomic E-state index is 11.3. The highest BCUT2D eigenvalue weighted by Gasteiger charge is 2.02. The Labute approximate surface area is 96.8 Å². The van der Waals surface area contributed by atoms with Gasteiger partial charge in [-0.1, -0.05) is 6.92 Å². The number of carbonyl (C=O) groups is 1. The van der Waals surface area contributed by atoms with E-state index in [1.165, 1.54) is 6.20 Å². The molecule has 1 aromatic heterocycles. The van der Waals surface area contributed by atoms with Crippen molar-refractivity contribution in [3.8, 4) is 0 Å². The van der Waals surface area contributed by atoms with Crippen LogP contribution in [0.25, 0.3) is 0 Å². The molecule has 0 spiro atoms. The van der Waals surface area contributed by atoms with Crippen molar-refractivity contribution in [2.75, 3.05) is 18.4 Å². The van der Waals surface area contributed by atoms with E-state index in [1.54, 1.807) is 6.20 Å². The fourth-order valence-corrected chi connectivity index (χ4v) is 1.17. The third kappa shape index (κ3) is 4.85. The lowest BCUT2D eigenvalue weighted by Gasteiger charge is -2.03. The van der Waals surface area contributed by atoms with Gasteiger partial charge in [-0.2, -0.15) is 0 Å². The maximum Gasteiger partial charge on any atom is 0.226 e. The SMILES string of the molecule is CCNCCC(=O)Nc1cnc(Br)cn1. The maximum atomic E-state index is 11.3. The zero-order valence-electron chi connectivity index (χ0n) is 8.46. The molecule has 5 nitrogen and oxygen atoms in total. The molecule has 6 heteroatoms. The van der Waals surface area contributed by atoms with Gasteiger partial charge in [0.05, 0.1) is 12.4 Å². The van der Waals surface area contributed by atoms with E-state index in [2.05, 4.69) is 36.5 Å². The Balaban J connectivity index is 2.34. The highest BCUT2D eigenvalue weighted by atomic mass is 79.9. The molecule has 1 amide bonds. The van der Waals surface area contributed by atoms with Gasteiger partial charge in [-0.25, -0.2) is 9.97 Å². The summed E-state index contributed by atoms with van der Waals surface area (Å²) in [6, 6.07) is 0. The van der Waals surface area contributed by atoms with Gasteiger partial charge in [0.25, 0.3) is 0 Å². The number of amides is 1. The van der Waals surface area contributed by atoms with Crippen LogP contribution in [0.1, 0.15) is 13.3 Å². The largest absolute Gasteiger partial charge is 0.316 e. The quantitative estimate of drug-likeness (QED) is 0.790. The average molecular weight is 273 g/mol. The topological polar surface area (TPSA) is 66.9 Å². The molecule has 0 aromatic carbocycles. The summed E-state index contributed by atoms with van der Waals surface area (Å²) < 4.78 is 0.646. The van der Waals surface area contributed by atoms with Gasteiger partial charge in [0, 0.05) is 13.0 Å². The Hall–Kier alpha value is -1.01. The number of hydrogen-bond acceptors (Lipinski definition) is 4. The monoisotopic (exact) mass is 272 g/mol. The molecule has 0 aliphatic rings.